The number of hydrogen-bond donors (Lipinski definition) is 0. The number of carbonyl (C=O) groups is 2. The van der Waals surface area contributed by atoms with Crippen molar-refractivity contribution in [1.29, 1.82) is 5.26 Å². The van der Waals surface area contributed by atoms with Crippen LogP contribution >= 0.6 is 0 Å². The van der Waals surface area contributed by atoms with Crippen LogP contribution in [0.5, 0.6) is 0 Å². The van der Waals surface area contributed by atoms with Gasteiger partial charge in [-0.3, -0.25) is 9.59 Å². The van der Waals surface area contributed by atoms with Crippen LogP contribution in [0.3, 0.4) is 0 Å². The first-order chi connectivity index (χ1) is 12.0. The normalized spacial score (nSPS) is 19.6. The molecular weight excluding hydrogens is 321 g/mol. The molecule has 1 heterocycles. The van der Waals surface area contributed by atoms with Gasteiger partial charge in [0.25, 0.3) is 0 Å². The van der Waals surface area contributed by atoms with Crippen molar-refractivity contribution in [3.63, 3.8) is 0 Å². The van der Waals surface area contributed by atoms with Gasteiger partial charge in [0.1, 0.15) is 11.2 Å². The van der Waals surface area contributed by atoms with Crippen LogP contribution in [0.1, 0.15) is 43.0 Å². The third-order valence-corrected chi connectivity index (χ3v) is 5.34. The predicted octanol–water partition coefficient (Wildman–Crippen LogP) is 2.76. The summed E-state index contributed by atoms with van der Waals surface area (Å²) >= 11 is 0. The molecule has 132 valence electrons. The van der Waals surface area contributed by atoms with E-state index in [1.165, 1.54) is 13.0 Å². The minimum atomic E-state index is -0.851. The number of nitrogens with zero attached hydrogens (tertiary/aromatic N) is 3. The zero-order chi connectivity index (χ0) is 18.0. The maximum absolute atomic E-state index is 14.3. The maximum Gasteiger partial charge on any atom is 0.243 e. The number of ketones is 1. The lowest BCUT2D eigenvalue weighted by Gasteiger charge is -2.38. The number of halogens is 1. The molecule has 5 nitrogen and oxygen atoms in total. The summed E-state index contributed by atoms with van der Waals surface area (Å²) < 4.78 is 14.3. The molecule has 0 spiro atoms. The molecular formula is C19H22FN3O2. The van der Waals surface area contributed by atoms with Gasteiger partial charge in [0.2, 0.25) is 5.91 Å². The molecule has 2 aliphatic rings. The van der Waals surface area contributed by atoms with Crippen molar-refractivity contribution in [2.75, 3.05) is 31.1 Å². The van der Waals surface area contributed by atoms with Crippen molar-refractivity contribution in [2.24, 2.45) is 5.41 Å². The molecule has 1 saturated carbocycles. The van der Waals surface area contributed by atoms with Crippen molar-refractivity contribution < 1.29 is 14.0 Å². The summed E-state index contributed by atoms with van der Waals surface area (Å²) in [6.07, 6.45) is 3.13. The zero-order valence-corrected chi connectivity index (χ0v) is 14.4. The fourth-order valence-corrected chi connectivity index (χ4v) is 3.79. The Morgan fingerprint density at radius 2 is 1.80 bits per heavy atom. The Balaban J connectivity index is 1.67. The molecule has 25 heavy (non-hydrogen) atoms. The Labute approximate surface area is 147 Å². The molecule has 0 unspecified atom stereocenters. The van der Waals surface area contributed by atoms with Gasteiger partial charge < -0.3 is 9.80 Å². The minimum absolute atomic E-state index is 0.0699. The number of nitriles is 1. The first kappa shape index (κ1) is 17.4. The quantitative estimate of drug-likeness (QED) is 0.792. The van der Waals surface area contributed by atoms with Gasteiger partial charge in [-0.1, -0.05) is 12.8 Å². The monoisotopic (exact) mass is 343 g/mol. The second kappa shape index (κ2) is 6.83. The van der Waals surface area contributed by atoms with Crippen LogP contribution in [0.4, 0.5) is 10.1 Å². The third-order valence-electron chi connectivity index (χ3n) is 5.34. The highest BCUT2D eigenvalue weighted by atomic mass is 19.1. The van der Waals surface area contributed by atoms with Crippen LogP contribution < -0.4 is 4.90 Å². The molecule has 0 aromatic heterocycles. The van der Waals surface area contributed by atoms with E-state index in [0.717, 1.165) is 12.8 Å². The average molecular weight is 343 g/mol. The number of carbonyl (C=O) groups excluding carboxylic acids is 2. The SMILES string of the molecule is CC(=O)c1ccc(N2CCN(C(=O)C3(C#N)CCCC3)CC2)c(F)c1. The highest BCUT2D eigenvalue weighted by Gasteiger charge is 2.44. The van der Waals surface area contributed by atoms with E-state index in [0.29, 0.717) is 50.3 Å². The van der Waals surface area contributed by atoms with E-state index in [4.69, 9.17) is 0 Å². The topological polar surface area (TPSA) is 64.4 Å². The fourth-order valence-electron chi connectivity index (χ4n) is 3.79. The molecule has 0 N–H and O–H groups in total. The molecule has 1 aliphatic carbocycles. The molecule has 0 radical (unpaired) electrons. The summed E-state index contributed by atoms with van der Waals surface area (Å²) in [5, 5.41) is 9.47. The van der Waals surface area contributed by atoms with Crippen LogP contribution in [0.15, 0.2) is 18.2 Å². The van der Waals surface area contributed by atoms with Gasteiger partial charge in [0.05, 0.1) is 11.8 Å². The van der Waals surface area contributed by atoms with Crippen molar-refractivity contribution >= 4 is 17.4 Å². The van der Waals surface area contributed by atoms with Gasteiger partial charge in [-0.05, 0) is 38.0 Å². The molecule has 1 amide bonds. The first-order valence-electron chi connectivity index (χ1n) is 8.73. The second-order valence-corrected chi connectivity index (χ2v) is 6.90. The Bertz CT molecular complexity index is 727. The van der Waals surface area contributed by atoms with E-state index in [2.05, 4.69) is 6.07 Å². The summed E-state index contributed by atoms with van der Waals surface area (Å²) in [5.74, 6) is -0.657. The number of rotatable bonds is 3. The molecule has 1 saturated heterocycles. The maximum atomic E-state index is 14.3. The number of hydrogen-bond acceptors (Lipinski definition) is 4. The lowest BCUT2D eigenvalue weighted by Crippen LogP contribution is -2.52. The second-order valence-electron chi connectivity index (χ2n) is 6.90. The Morgan fingerprint density at radius 3 is 2.32 bits per heavy atom. The minimum Gasteiger partial charge on any atom is -0.366 e. The molecule has 6 heteroatoms. The predicted molar refractivity (Wildman–Crippen MR) is 91.7 cm³/mol. The van der Waals surface area contributed by atoms with E-state index >= 15 is 0 Å². The van der Waals surface area contributed by atoms with Gasteiger partial charge in [-0.2, -0.15) is 5.26 Å². The molecule has 2 fully saturated rings. The van der Waals surface area contributed by atoms with Gasteiger partial charge in [-0.15, -0.1) is 0 Å². The van der Waals surface area contributed by atoms with Crippen molar-refractivity contribution in [3.8, 4) is 6.07 Å². The van der Waals surface area contributed by atoms with Crippen molar-refractivity contribution in [1.82, 2.24) is 4.90 Å². The van der Waals surface area contributed by atoms with Gasteiger partial charge in [0.15, 0.2) is 5.78 Å². The number of piperazine rings is 1. The summed E-state index contributed by atoms with van der Waals surface area (Å²) in [4.78, 5) is 27.7. The van der Waals surface area contributed by atoms with Gasteiger partial charge >= 0.3 is 0 Å². The van der Waals surface area contributed by atoms with Gasteiger partial charge in [-0.25, -0.2) is 4.39 Å². The van der Waals surface area contributed by atoms with Crippen LogP contribution in [-0.2, 0) is 4.79 Å². The van der Waals surface area contributed by atoms with Crippen LogP contribution in [0.25, 0.3) is 0 Å². The zero-order valence-electron chi connectivity index (χ0n) is 14.4. The Kier molecular flexibility index (Phi) is 4.76. The first-order valence-corrected chi connectivity index (χ1v) is 8.73. The van der Waals surface area contributed by atoms with Crippen LogP contribution in [0.2, 0.25) is 0 Å². The van der Waals surface area contributed by atoms with E-state index in [1.807, 2.05) is 4.90 Å². The fraction of sp³-hybridized carbons (Fsp3) is 0.526. The van der Waals surface area contributed by atoms with E-state index in [1.54, 1.807) is 17.0 Å². The van der Waals surface area contributed by atoms with E-state index < -0.39 is 11.2 Å². The molecule has 1 aromatic rings. The molecule has 1 aromatic carbocycles. The smallest absolute Gasteiger partial charge is 0.243 e. The summed E-state index contributed by atoms with van der Waals surface area (Å²) in [6, 6.07) is 6.76. The van der Waals surface area contributed by atoms with E-state index in [-0.39, 0.29) is 11.7 Å². The highest BCUT2D eigenvalue weighted by molar-refractivity contribution is 5.94. The summed E-state index contributed by atoms with van der Waals surface area (Å²) in [7, 11) is 0. The molecule has 0 bridgehead atoms. The largest absolute Gasteiger partial charge is 0.366 e. The highest BCUT2D eigenvalue weighted by Crippen LogP contribution is 2.39. The Morgan fingerprint density at radius 1 is 1.16 bits per heavy atom. The lowest BCUT2D eigenvalue weighted by atomic mass is 9.86. The molecule has 0 atom stereocenters. The average Bonchev–Trinajstić information content (AvgIpc) is 3.11. The number of anilines is 1. The van der Waals surface area contributed by atoms with Crippen LogP contribution in [0, 0.1) is 22.6 Å². The number of Topliss-reactive ketones (excluding diaryl/α,β-unsaturated/α-hetero) is 1. The van der Waals surface area contributed by atoms with Crippen LogP contribution in [-0.4, -0.2) is 42.8 Å². The standard InChI is InChI=1S/C19H22FN3O2/c1-14(24)15-4-5-17(16(20)12-15)22-8-10-23(11-9-22)18(25)19(13-21)6-2-3-7-19/h4-5,12H,2-3,6-11H2,1H3. The van der Waals surface area contributed by atoms with Crippen molar-refractivity contribution in [2.45, 2.75) is 32.6 Å². The number of benzene rings is 1. The third kappa shape index (κ3) is 3.23. The van der Waals surface area contributed by atoms with Crippen molar-refractivity contribution in [3.05, 3.63) is 29.6 Å². The molecule has 1 aliphatic heterocycles. The number of amides is 1. The van der Waals surface area contributed by atoms with E-state index in [9.17, 15) is 19.2 Å². The lowest BCUT2D eigenvalue weighted by molar-refractivity contribution is -0.139. The molecule has 3 rings (SSSR count). The summed E-state index contributed by atoms with van der Waals surface area (Å²) in [5.41, 5.74) is -0.0449. The Hall–Kier alpha value is -2.42. The summed E-state index contributed by atoms with van der Waals surface area (Å²) in [6.45, 7) is 3.41. The van der Waals surface area contributed by atoms with Gasteiger partial charge in [0, 0.05) is 31.7 Å².